The highest BCUT2D eigenvalue weighted by Crippen LogP contribution is 2.04. The van der Waals surface area contributed by atoms with Crippen LogP contribution in [0.1, 0.15) is 13.3 Å². The Hall–Kier alpha value is -0.803. The Morgan fingerprint density at radius 3 is 2.79 bits per heavy atom. The molecule has 0 aliphatic heterocycles. The summed E-state index contributed by atoms with van der Waals surface area (Å²) in [5, 5.41) is 1.47. The molecule has 0 amide bonds. The molecule has 3 heteroatoms. The van der Waals surface area contributed by atoms with Crippen molar-refractivity contribution >= 4 is 19.7 Å². The van der Waals surface area contributed by atoms with E-state index >= 15 is 0 Å². The number of hydrogen-bond acceptors (Lipinski definition) is 2. The van der Waals surface area contributed by atoms with Gasteiger partial charge in [0.2, 0.25) is 0 Å². The topological polar surface area (TPSA) is 21.3 Å². The van der Waals surface area contributed by atoms with Gasteiger partial charge in [0.05, 0.1) is 21.1 Å². The molecular weight excluding hydrogens is 190 g/mol. The van der Waals surface area contributed by atoms with Crippen LogP contribution in [0.25, 0.3) is 0 Å². The van der Waals surface area contributed by atoms with Crippen LogP contribution in [-0.4, -0.2) is 15.4 Å². The highest BCUT2D eigenvalue weighted by Gasteiger charge is 2.00. The number of benzene rings is 1. The molecule has 0 heterocycles. The Bertz CT molecular complexity index is 276. The molecule has 2 nitrogen and oxygen atoms in total. The Labute approximate surface area is 87.9 Å². The molecule has 14 heavy (non-hydrogen) atoms. The maximum atomic E-state index is 5.27. The van der Waals surface area contributed by atoms with Crippen molar-refractivity contribution in [2.45, 2.75) is 26.4 Å². The lowest BCUT2D eigenvalue weighted by molar-refractivity contribution is 0.194. The molecule has 1 N–H and O–H groups in total. The second kappa shape index (κ2) is 5.83. The molecule has 0 fully saturated rings. The summed E-state index contributed by atoms with van der Waals surface area (Å²) in [7, 11) is -0.694. The molecule has 1 rings (SSSR count). The average molecular weight is 209 g/mol. The standard InChI is InChI=1S/C11H19NOSi/c1-4-8-13-12-10-6-5-7-11(9-10)14(2)3/h5-7,9,12,14H,4,8H2,1-3H3. The van der Waals surface area contributed by atoms with E-state index in [2.05, 4.69) is 43.7 Å². The van der Waals surface area contributed by atoms with Crippen molar-refractivity contribution in [1.82, 2.24) is 0 Å². The van der Waals surface area contributed by atoms with E-state index in [1.54, 1.807) is 0 Å². The van der Waals surface area contributed by atoms with Crippen molar-refractivity contribution in [3.63, 3.8) is 0 Å². The smallest absolute Gasteiger partial charge is 0.0743 e. The summed E-state index contributed by atoms with van der Waals surface area (Å²) in [4.78, 5) is 5.27. The fraction of sp³-hybridized carbons (Fsp3) is 0.455. The van der Waals surface area contributed by atoms with Crippen molar-refractivity contribution < 1.29 is 4.84 Å². The Morgan fingerprint density at radius 2 is 2.14 bits per heavy atom. The minimum Gasteiger partial charge on any atom is -0.276 e. The normalized spacial score (nSPS) is 10.6. The molecule has 0 spiro atoms. The highest BCUT2D eigenvalue weighted by atomic mass is 28.3. The fourth-order valence-electron chi connectivity index (χ4n) is 1.20. The fourth-order valence-corrected chi connectivity index (χ4v) is 2.21. The van der Waals surface area contributed by atoms with Gasteiger partial charge in [-0.2, -0.15) is 0 Å². The molecule has 0 aliphatic carbocycles. The summed E-state index contributed by atoms with van der Waals surface area (Å²) in [6, 6.07) is 8.50. The predicted molar refractivity (Wildman–Crippen MR) is 64.8 cm³/mol. The first-order chi connectivity index (χ1) is 6.74. The van der Waals surface area contributed by atoms with Crippen LogP contribution in [0.5, 0.6) is 0 Å². The van der Waals surface area contributed by atoms with Gasteiger partial charge in [0, 0.05) is 0 Å². The van der Waals surface area contributed by atoms with E-state index in [-0.39, 0.29) is 0 Å². The highest BCUT2D eigenvalue weighted by molar-refractivity contribution is 6.70. The molecule has 0 radical (unpaired) electrons. The van der Waals surface area contributed by atoms with Crippen LogP contribution in [0, 0.1) is 0 Å². The third-order valence-electron chi connectivity index (χ3n) is 2.05. The maximum absolute atomic E-state index is 5.27. The van der Waals surface area contributed by atoms with Crippen LogP contribution in [0.4, 0.5) is 5.69 Å². The number of nitrogens with one attached hydrogen (secondary N) is 1. The van der Waals surface area contributed by atoms with E-state index in [1.165, 1.54) is 5.19 Å². The molecule has 0 saturated heterocycles. The van der Waals surface area contributed by atoms with Gasteiger partial charge in [-0.15, -0.1) is 0 Å². The van der Waals surface area contributed by atoms with Crippen molar-refractivity contribution in [3.8, 4) is 0 Å². The number of rotatable bonds is 5. The van der Waals surface area contributed by atoms with Gasteiger partial charge in [-0.25, -0.2) is 0 Å². The lowest BCUT2D eigenvalue weighted by atomic mass is 10.3. The van der Waals surface area contributed by atoms with Crippen LogP contribution < -0.4 is 10.7 Å². The molecule has 78 valence electrons. The van der Waals surface area contributed by atoms with Gasteiger partial charge in [-0.05, 0) is 18.6 Å². The SMILES string of the molecule is CCCONc1cccc([SiH](C)C)c1. The lowest BCUT2D eigenvalue weighted by Crippen LogP contribution is -2.22. The quantitative estimate of drug-likeness (QED) is 0.456. The van der Waals surface area contributed by atoms with Crippen LogP contribution >= 0.6 is 0 Å². The van der Waals surface area contributed by atoms with E-state index in [4.69, 9.17) is 4.84 Å². The zero-order chi connectivity index (χ0) is 10.4. The van der Waals surface area contributed by atoms with Gasteiger partial charge >= 0.3 is 0 Å². The van der Waals surface area contributed by atoms with E-state index in [9.17, 15) is 0 Å². The summed E-state index contributed by atoms with van der Waals surface area (Å²) in [6.45, 7) is 7.50. The number of anilines is 1. The summed E-state index contributed by atoms with van der Waals surface area (Å²) in [6.07, 6.45) is 1.03. The lowest BCUT2D eigenvalue weighted by Gasteiger charge is -2.09. The van der Waals surface area contributed by atoms with Crippen LogP contribution in [0.3, 0.4) is 0 Å². The van der Waals surface area contributed by atoms with Crippen molar-refractivity contribution in [2.24, 2.45) is 0 Å². The van der Waals surface area contributed by atoms with Gasteiger partial charge in [0.1, 0.15) is 0 Å². The molecule has 0 aliphatic rings. The van der Waals surface area contributed by atoms with Gasteiger partial charge in [-0.3, -0.25) is 10.3 Å². The second-order valence-electron chi connectivity index (χ2n) is 3.73. The van der Waals surface area contributed by atoms with E-state index in [1.807, 2.05) is 6.07 Å². The summed E-state index contributed by atoms with van der Waals surface area (Å²) >= 11 is 0. The molecule has 1 aromatic rings. The van der Waals surface area contributed by atoms with Crippen LogP contribution in [0.15, 0.2) is 24.3 Å². The average Bonchev–Trinajstić information content (AvgIpc) is 2.19. The molecule has 0 bridgehead atoms. The Kier molecular flexibility index (Phi) is 4.69. The third kappa shape index (κ3) is 3.52. The number of hydrogen-bond donors (Lipinski definition) is 1. The van der Waals surface area contributed by atoms with E-state index in [0.29, 0.717) is 0 Å². The van der Waals surface area contributed by atoms with Gasteiger partial charge in [0.25, 0.3) is 0 Å². The van der Waals surface area contributed by atoms with Gasteiger partial charge in [-0.1, -0.05) is 37.3 Å². The van der Waals surface area contributed by atoms with Gasteiger partial charge in [0.15, 0.2) is 0 Å². The zero-order valence-corrected chi connectivity index (χ0v) is 10.4. The summed E-state index contributed by atoms with van der Waals surface area (Å²) in [5.41, 5.74) is 4.03. The molecule has 1 aromatic carbocycles. The summed E-state index contributed by atoms with van der Waals surface area (Å²) < 4.78 is 0. The van der Waals surface area contributed by atoms with Crippen LogP contribution in [0.2, 0.25) is 13.1 Å². The molecule has 0 atom stereocenters. The molecular formula is C11H19NOSi. The maximum Gasteiger partial charge on any atom is 0.0743 e. The van der Waals surface area contributed by atoms with Gasteiger partial charge < -0.3 is 0 Å². The molecule has 0 aromatic heterocycles. The van der Waals surface area contributed by atoms with Crippen molar-refractivity contribution in [3.05, 3.63) is 24.3 Å². The first-order valence-electron chi connectivity index (χ1n) is 5.21. The Morgan fingerprint density at radius 1 is 1.36 bits per heavy atom. The minimum absolute atomic E-state index is 0.694. The Balaban J connectivity index is 2.55. The van der Waals surface area contributed by atoms with E-state index in [0.717, 1.165) is 18.7 Å². The van der Waals surface area contributed by atoms with Crippen LogP contribution in [-0.2, 0) is 4.84 Å². The monoisotopic (exact) mass is 209 g/mol. The predicted octanol–water partition coefficient (Wildman–Crippen LogP) is 2.13. The first-order valence-corrected chi connectivity index (χ1v) is 8.10. The minimum atomic E-state index is -0.694. The molecule has 0 unspecified atom stereocenters. The third-order valence-corrected chi connectivity index (χ3v) is 3.74. The van der Waals surface area contributed by atoms with Crippen molar-refractivity contribution in [1.29, 1.82) is 0 Å². The second-order valence-corrected chi connectivity index (χ2v) is 6.71. The molecule has 0 saturated carbocycles. The first kappa shape index (κ1) is 11.3. The van der Waals surface area contributed by atoms with Crippen molar-refractivity contribution in [2.75, 3.05) is 12.1 Å². The summed E-state index contributed by atoms with van der Waals surface area (Å²) in [5.74, 6) is 0. The van der Waals surface area contributed by atoms with E-state index < -0.39 is 8.80 Å². The largest absolute Gasteiger partial charge is 0.276 e. The zero-order valence-electron chi connectivity index (χ0n) is 9.21.